The standard InChI is InChI=1S/C25H25ClN6O5/c1-12-8-16(14(3)29-18-4-5-19(26)30-20(18)24-31-25(35)37-32-24)23-17(9-12)21(34)13(2)22(36-23)15(10-27)11-28-6-7-33/h4-5,8-11,14,27-29,33H,6-7H2,1-3H3,(H,31,32,35)/b15-11+,27-10?. The van der Waals surface area contributed by atoms with E-state index in [0.29, 0.717) is 33.4 Å². The number of allylic oxidation sites excluding steroid dienone is 1. The molecule has 37 heavy (non-hydrogen) atoms. The topological polar surface area (TPSA) is 170 Å². The molecule has 11 nitrogen and oxygen atoms in total. The molecule has 12 heteroatoms. The van der Waals surface area contributed by atoms with Crippen molar-refractivity contribution in [2.45, 2.75) is 26.8 Å². The third kappa shape index (κ3) is 5.32. The van der Waals surface area contributed by atoms with Gasteiger partial charge in [-0.1, -0.05) is 22.8 Å². The fourth-order valence-electron chi connectivity index (χ4n) is 3.96. The Morgan fingerprint density at radius 2 is 2.08 bits per heavy atom. The summed E-state index contributed by atoms with van der Waals surface area (Å²) in [5.74, 6) is -0.366. The molecule has 192 valence electrons. The fraction of sp³-hybridized carbons (Fsp3) is 0.240. The molecule has 3 heterocycles. The van der Waals surface area contributed by atoms with Crippen LogP contribution in [0.5, 0.6) is 0 Å². The van der Waals surface area contributed by atoms with Crippen LogP contribution in [0.2, 0.25) is 5.15 Å². The first-order valence-corrected chi connectivity index (χ1v) is 11.7. The summed E-state index contributed by atoms with van der Waals surface area (Å²) in [7, 11) is 0. The number of benzene rings is 1. The summed E-state index contributed by atoms with van der Waals surface area (Å²) in [6.45, 7) is 5.62. The summed E-state index contributed by atoms with van der Waals surface area (Å²) in [4.78, 5) is 31.6. The van der Waals surface area contributed by atoms with E-state index >= 15 is 0 Å². The van der Waals surface area contributed by atoms with E-state index in [0.717, 1.165) is 11.8 Å². The minimum Gasteiger partial charge on any atom is -0.455 e. The second-order valence-electron chi connectivity index (χ2n) is 8.38. The molecule has 3 aromatic heterocycles. The minimum atomic E-state index is -0.728. The Labute approximate surface area is 215 Å². The summed E-state index contributed by atoms with van der Waals surface area (Å²) < 4.78 is 10.9. The lowest BCUT2D eigenvalue weighted by Gasteiger charge is -2.20. The molecule has 0 radical (unpaired) electrons. The van der Waals surface area contributed by atoms with Crippen LogP contribution in [0.4, 0.5) is 5.69 Å². The van der Waals surface area contributed by atoms with Crippen LogP contribution in [-0.2, 0) is 0 Å². The van der Waals surface area contributed by atoms with Gasteiger partial charge in [0.2, 0.25) is 5.82 Å². The summed E-state index contributed by atoms with van der Waals surface area (Å²) in [6, 6.07) is 6.55. The molecule has 1 aromatic carbocycles. The predicted octanol–water partition coefficient (Wildman–Crippen LogP) is 3.55. The molecule has 4 aromatic rings. The highest BCUT2D eigenvalue weighted by Crippen LogP contribution is 2.33. The number of nitrogens with zero attached hydrogens (tertiary/aromatic N) is 2. The number of aromatic amines is 1. The normalized spacial score (nSPS) is 12.5. The van der Waals surface area contributed by atoms with Crippen molar-refractivity contribution in [3.05, 3.63) is 78.8 Å². The van der Waals surface area contributed by atoms with Gasteiger partial charge in [-0.15, -0.1) is 0 Å². The summed E-state index contributed by atoms with van der Waals surface area (Å²) in [5, 5.41) is 27.4. The fourth-order valence-corrected chi connectivity index (χ4v) is 4.11. The second-order valence-corrected chi connectivity index (χ2v) is 8.76. The van der Waals surface area contributed by atoms with Crippen molar-refractivity contribution >= 4 is 40.0 Å². The quantitative estimate of drug-likeness (QED) is 0.125. The number of aliphatic hydroxyl groups is 1. The largest absolute Gasteiger partial charge is 0.455 e. The maximum absolute atomic E-state index is 13.3. The average molecular weight is 525 g/mol. The van der Waals surface area contributed by atoms with E-state index in [4.69, 9.17) is 26.5 Å². The molecule has 4 rings (SSSR count). The average Bonchev–Trinajstić information content (AvgIpc) is 3.31. The van der Waals surface area contributed by atoms with Gasteiger partial charge in [-0.2, -0.15) is 0 Å². The van der Waals surface area contributed by atoms with Crippen molar-refractivity contribution in [3.63, 3.8) is 0 Å². The van der Waals surface area contributed by atoms with Crippen molar-refractivity contribution in [1.29, 1.82) is 5.41 Å². The van der Waals surface area contributed by atoms with Gasteiger partial charge in [0, 0.05) is 30.1 Å². The molecule has 0 aliphatic carbocycles. The molecular formula is C25H25ClN6O5. The van der Waals surface area contributed by atoms with E-state index in [2.05, 4.69) is 30.3 Å². The number of aromatic nitrogens is 3. The van der Waals surface area contributed by atoms with Crippen LogP contribution in [0.15, 0.2) is 49.0 Å². The first-order valence-electron chi connectivity index (χ1n) is 11.4. The van der Waals surface area contributed by atoms with E-state index in [1.807, 2.05) is 19.9 Å². The van der Waals surface area contributed by atoms with Gasteiger partial charge < -0.3 is 25.6 Å². The molecule has 5 N–H and O–H groups in total. The Morgan fingerprint density at radius 1 is 1.30 bits per heavy atom. The lowest BCUT2D eigenvalue weighted by atomic mass is 9.99. The van der Waals surface area contributed by atoms with Crippen LogP contribution in [0.3, 0.4) is 0 Å². The van der Waals surface area contributed by atoms with E-state index in [1.54, 1.807) is 25.1 Å². The zero-order chi connectivity index (χ0) is 26.7. The molecule has 0 aliphatic rings. The minimum absolute atomic E-state index is 0.0845. The van der Waals surface area contributed by atoms with E-state index in [1.165, 1.54) is 6.20 Å². The molecular weight excluding hydrogens is 500 g/mol. The monoisotopic (exact) mass is 524 g/mol. The second kappa shape index (κ2) is 10.8. The van der Waals surface area contributed by atoms with E-state index < -0.39 is 11.8 Å². The molecule has 0 saturated heterocycles. The highest BCUT2D eigenvalue weighted by Gasteiger charge is 2.21. The van der Waals surface area contributed by atoms with Crippen LogP contribution in [0.1, 0.15) is 35.4 Å². The number of halogens is 1. The highest BCUT2D eigenvalue weighted by atomic mass is 35.5. The van der Waals surface area contributed by atoms with Crippen molar-refractivity contribution in [2.75, 3.05) is 18.5 Å². The number of hydrogen-bond acceptors (Lipinski definition) is 10. The number of H-pyrrole nitrogens is 1. The molecule has 0 saturated carbocycles. The smallest absolute Gasteiger partial charge is 0.439 e. The molecule has 0 aliphatic heterocycles. The zero-order valence-corrected chi connectivity index (χ0v) is 21.1. The number of hydrogen-bond donors (Lipinski definition) is 5. The van der Waals surface area contributed by atoms with Gasteiger partial charge in [-0.3, -0.25) is 14.3 Å². The number of aryl methyl sites for hydroxylation is 1. The molecule has 1 unspecified atom stereocenters. The van der Waals surface area contributed by atoms with Gasteiger partial charge in [-0.05, 0) is 44.5 Å². The first kappa shape index (κ1) is 25.9. The number of aliphatic hydroxyl groups excluding tert-OH is 1. The van der Waals surface area contributed by atoms with Gasteiger partial charge in [0.05, 0.1) is 29.3 Å². The van der Waals surface area contributed by atoms with Crippen molar-refractivity contribution in [2.24, 2.45) is 0 Å². The summed E-state index contributed by atoms with van der Waals surface area (Å²) in [6.07, 6.45) is 2.61. The third-order valence-corrected chi connectivity index (χ3v) is 5.90. The van der Waals surface area contributed by atoms with Crippen molar-refractivity contribution < 1.29 is 14.0 Å². The van der Waals surface area contributed by atoms with E-state index in [-0.39, 0.29) is 41.0 Å². The molecule has 1 atom stereocenters. The van der Waals surface area contributed by atoms with Crippen molar-refractivity contribution in [3.8, 4) is 11.5 Å². The van der Waals surface area contributed by atoms with Crippen LogP contribution in [-0.4, -0.2) is 39.6 Å². The number of rotatable bonds is 9. The van der Waals surface area contributed by atoms with E-state index in [9.17, 15) is 9.59 Å². The Balaban J connectivity index is 1.84. The van der Waals surface area contributed by atoms with Crippen LogP contribution in [0, 0.1) is 19.3 Å². The molecule has 0 spiro atoms. The van der Waals surface area contributed by atoms with Gasteiger partial charge in [0.1, 0.15) is 22.2 Å². The summed E-state index contributed by atoms with van der Waals surface area (Å²) in [5.41, 5.74) is 3.22. The van der Waals surface area contributed by atoms with Crippen LogP contribution in [0.25, 0.3) is 28.1 Å². The maximum Gasteiger partial charge on any atom is 0.439 e. The van der Waals surface area contributed by atoms with Crippen molar-refractivity contribution in [1.82, 2.24) is 20.4 Å². The number of nitrogens with one attached hydrogen (secondary N) is 4. The Morgan fingerprint density at radius 3 is 2.76 bits per heavy atom. The molecule has 0 bridgehead atoms. The maximum atomic E-state index is 13.3. The van der Waals surface area contributed by atoms with Gasteiger partial charge in [-0.25, -0.2) is 9.78 Å². The zero-order valence-electron chi connectivity index (χ0n) is 20.3. The number of fused-ring (bicyclic) bond motifs is 1. The van der Waals surface area contributed by atoms with Gasteiger partial charge in [0.25, 0.3) is 0 Å². The Kier molecular flexibility index (Phi) is 7.55. The van der Waals surface area contributed by atoms with Crippen LogP contribution >= 0.6 is 11.6 Å². The SMILES string of the molecule is Cc1cc(C(C)Nc2ccc(Cl)nc2-c2noc(=O)[nH]2)c2oc(/C(C=N)=C/NCCO)c(C)c(=O)c2c1. The summed E-state index contributed by atoms with van der Waals surface area (Å²) >= 11 is 6.08. The van der Waals surface area contributed by atoms with Crippen LogP contribution < -0.4 is 21.8 Å². The lowest BCUT2D eigenvalue weighted by Crippen LogP contribution is -2.15. The highest BCUT2D eigenvalue weighted by molar-refractivity contribution is 6.29. The number of anilines is 1. The Hall–Kier alpha value is -4.22. The van der Waals surface area contributed by atoms with Gasteiger partial charge >= 0.3 is 5.76 Å². The molecule has 0 amide bonds. The number of pyridine rings is 1. The third-order valence-electron chi connectivity index (χ3n) is 5.69. The van der Waals surface area contributed by atoms with Gasteiger partial charge in [0.15, 0.2) is 5.43 Å². The predicted molar refractivity (Wildman–Crippen MR) is 141 cm³/mol. The Bertz CT molecular complexity index is 1620. The molecule has 0 fully saturated rings. The lowest BCUT2D eigenvalue weighted by molar-refractivity contribution is 0.298. The first-order chi connectivity index (χ1) is 17.7.